The molecule has 0 saturated heterocycles. The Morgan fingerprint density at radius 1 is 0.769 bits per heavy atom. The van der Waals surface area contributed by atoms with Crippen molar-refractivity contribution in [3.8, 4) is 0 Å². The van der Waals surface area contributed by atoms with E-state index >= 15 is 0 Å². The molecule has 4 heteroatoms. The molecular formula is C22H20N2O2. The van der Waals surface area contributed by atoms with Crippen LogP contribution in [0.3, 0.4) is 0 Å². The molecule has 1 aliphatic heterocycles. The van der Waals surface area contributed by atoms with E-state index < -0.39 is 0 Å². The van der Waals surface area contributed by atoms with Crippen molar-refractivity contribution in [2.24, 2.45) is 0 Å². The molecule has 130 valence electrons. The first-order valence-electron chi connectivity index (χ1n) is 8.65. The number of carbonyl (C=O) groups excluding carboxylic acids is 2. The zero-order valence-corrected chi connectivity index (χ0v) is 14.9. The molecule has 3 aromatic carbocycles. The van der Waals surface area contributed by atoms with Gasteiger partial charge in [0.25, 0.3) is 11.8 Å². The molecule has 0 aliphatic carbocycles. The van der Waals surface area contributed by atoms with E-state index in [4.69, 9.17) is 0 Å². The third kappa shape index (κ3) is 2.68. The molecule has 0 N–H and O–H groups in total. The summed E-state index contributed by atoms with van der Waals surface area (Å²) in [5.41, 5.74) is 3.17. The Morgan fingerprint density at radius 3 is 1.92 bits per heavy atom. The third-order valence-electron chi connectivity index (χ3n) is 4.77. The lowest BCUT2D eigenvalue weighted by Crippen LogP contribution is -2.29. The van der Waals surface area contributed by atoms with Crippen LogP contribution < -0.4 is 0 Å². The van der Waals surface area contributed by atoms with Gasteiger partial charge in [-0.3, -0.25) is 14.5 Å². The van der Waals surface area contributed by atoms with E-state index in [0.717, 1.165) is 22.9 Å². The molecule has 0 radical (unpaired) electrons. The van der Waals surface area contributed by atoms with Crippen molar-refractivity contribution in [3.63, 3.8) is 0 Å². The molecule has 0 spiro atoms. The third-order valence-corrected chi connectivity index (χ3v) is 4.77. The fourth-order valence-corrected chi connectivity index (χ4v) is 3.66. The minimum absolute atomic E-state index is 0.215. The van der Waals surface area contributed by atoms with Crippen molar-refractivity contribution in [1.82, 2.24) is 9.80 Å². The molecule has 26 heavy (non-hydrogen) atoms. The quantitative estimate of drug-likeness (QED) is 0.678. The van der Waals surface area contributed by atoms with E-state index in [1.54, 1.807) is 24.3 Å². The summed E-state index contributed by atoms with van der Waals surface area (Å²) >= 11 is 0. The van der Waals surface area contributed by atoms with E-state index in [1.807, 2.05) is 32.3 Å². The van der Waals surface area contributed by atoms with Crippen molar-refractivity contribution in [3.05, 3.63) is 82.9 Å². The Hall–Kier alpha value is -2.98. The summed E-state index contributed by atoms with van der Waals surface area (Å²) in [4.78, 5) is 28.9. The molecular weight excluding hydrogens is 324 g/mol. The number of imide groups is 1. The Balaban J connectivity index is 1.77. The van der Waals surface area contributed by atoms with E-state index in [9.17, 15) is 9.59 Å². The number of fused-ring (bicyclic) bond motifs is 2. The fourth-order valence-electron chi connectivity index (χ4n) is 3.66. The van der Waals surface area contributed by atoms with Crippen molar-refractivity contribution in [2.75, 3.05) is 14.1 Å². The summed E-state index contributed by atoms with van der Waals surface area (Å²) in [6.07, 6.45) is 0. The molecule has 1 heterocycles. The molecule has 0 aromatic heterocycles. The van der Waals surface area contributed by atoms with Crippen LogP contribution in [0.2, 0.25) is 0 Å². The van der Waals surface area contributed by atoms with Gasteiger partial charge in [-0.15, -0.1) is 0 Å². The summed E-state index contributed by atoms with van der Waals surface area (Å²) in [6.45, 7) is 1.09. The van der Waals surface area contributed by atoms with Gasteiger partial charge in [-0.1, -0.05) is 48.5 Å². The first-order chi connectivity index (χ1) is 12.6. The average molecular weight is 344 g/mol. The molecule has 4 rings (SSSR count). The van der Waals surface area contributed by atoms with Gasteiger partial charge in [0.2, 0.25) is 0 Å². The van der Waals surface area contributed by atoms with Crippen LogP contribution in [-0.4, -0.2) is 35.7 Å². The number of nitrogens with zero attached hydrogens (tertiary/aromatic N) is 2. The fraction of sp³-hybridized carbons (Fsp3) is 0.182. The topological polar surface area (TPSA) is 40.6 Å². The number of carbonyl (C=O) groups is 2. The zero-order chi connectivity index (χ0) is 18.3. The standard InChI is InChI=1S/C22H20N2O2/c1-23(2)13-16-9-5-7-15-8-6-10-17(20(15)16)14-24-21(25)18-11-3-4-12-19(18)22(24)26/h3-12H,13-14H2,1-2H3. The molecule has 3 aromatic rings. The summed E-state index contributed by atoms with van der Waals surface area (Å²) in [7, 11) is 4.07. The monoisotopic (exact) mass is 344 g/mol. The maximum atomic E-state index is 12.7. The average Bonchev–Trinajstić information content (AvgIpc) is 2.87. The van der Waals surface area contributed by atoms with Crippen LogP contribution in [-0.2, 0) is 13.1 Å². The Labute approximate surface area is 152 Å². The van der Waals surface area contributed by atoms with E-state index in [-0.39, 0.29) is 18.4 Å². The first-order valence-corrected chi connectivity index (χ1v) is 8.65. The Morgan fingerprint density at radius 2 is 1.35 bits per heavy atom. The highest BCUT2D eigenvalue weighted by atomic mass is 16.2. The van der Waals surface area contributed by atoms with Gasteiger partial charge in [0.1, 0.15) is 0 Å². The highest BCUT2D eigenvalue weighted by Crippen LogP contribution is 2.29. The molecule has 0 atom stereocenters. The van der Waals surface area contributed by atoms with Gasteiger partial charge in [-0.2, -0.15) is 0 Å². The summed E-state index contributed by atoms with van der Waals surface area (Å²) in [5.74, 6) is -0.430. The molecule has 0 unspecified atom stereocenters. The highest BCUT2D eigenvalue weighted by Gasteiger charge is 2.35. The van der Waals surface area contributed by atoms with Gasteiger partial charge in [0.15, 0.2) is 0 Å². The van der Waals surface area contributed by atoms with E-state index in [2.05, 4.69) is 23.1 Å². The van der Waals surface area contributed by atoms with Gasteiger partial charge in [-0.25, -0.2) is 0 Å². The van der Waals surface area contributed by atoms with Crippen LogP contribution in [0.15, 0.2) is 60.7 Å². The van der Waals surface area contributed by atoms with Gasteiger partial charge >= 0.3 is 0 Å². The molecule has 1 aliphatic rings. The number of hydrogen-bond donors (Lipinski definition) is 0. The van der Waals surface area contributed by atoms with Crippen molar-refractivity contribution < 1.29 is 9.59 Å². The van der Waals surface area contributed by atoms with Gasteiger partial charge in [0, 0.05) is 6.54 Å². The van der Waals surface area contributed by atoms with Crippen LogP contribution >= 0.6 is 0 Å². The van der Waals surface area contributed by atoms with Crippen LogP contribution in [0.1, 0.15) is 31.8 Å². The van der Waals surface area contributed by atoms with Gasteiger partial charge in [0.05, 0.1) is 17.7 Å². The minimum Gasteiger partial charge on any atom is -0.305 e. The second-order valence-corrected chi connectivity index (χ2v) is 6.91. The van der Waals surface area contributed by atoms with Crippen LogP contribution in [0.5, 0.6) is 0 Å². The van der Waals surface area contributed by atoms with Crippen LogP contribution in [0, 0.1) is 0 Å². The minimum atomic E-state index is -0.215. The maximum Gasteiger partial charge on any atom is 0.261 e. The predicted octanol–water partition coefficient (Wildman–Crippen LogP) is 3.70. The lowest BCUT2D eigenvalue weighted by atomic mass is 9.98. The van der Waals surface area contributed by atoms with Crippen molar-refractivity contribution in [2.45, 2.75) is 13.1 Å². The lowest BCUT2D eigenvalue weighted by Gasteiger charge is -2.19. The lowest BCUT2D eigenvalue weighted by molar-refractivity contribution is 0.0643. The second kappa shape index (κ2) is 6.39. The number of amides is 2. The molecule has 0 bridgehead atoms. The largest absolute Gasteiger partial charge is 0.305 e. The van der Waals surface area contributed by atoms with Gasteiger partial charge in [-0.05, 0) is 48.1 Å². The first kappa shape index (κ1) is 16.5. The Kier molecular flexibility index (Phi) is 4.05. The number of hydrogen-bond acceptors (Lipinski definition) is 3. The predicted molar refractivity (Wildman–Crippen MR) is 102 cm³/mol. The molecule has 0 saturated carbocycles. The number of rotatable bonds is 4. The smallest absolute Gasteiger partial charge is 0.261 e. The SMILES string of the molecule is CN(C)Cc1cccc2cccc(CN3C(=O)c4ccccc4C3=O)c12. The van der Waals surface area contributed by atoms with Gasteiger partial charge < -0.3 is 4.90 Å². The molecule has 4 nitrogen and oxygen atoms in total. The van der Waals surface area contributed by atoms with Crippen molar-refractivity contribution in [1.29, 1.82) is 0 Å². The van der Waals surface area contributed by atoms with Crippen LogP contribution in [0.25, 0.3) is 10.8 Å². The molecule has 0 fully saturated rings. The normalized spacial score (nSPS) is 13.7. The van der Waals surface area contributed by atoms with E-state index in [0.29, 0.717) is 11.1 Å². The summed E-state index contributed by atoms with van der Waals surface area (Å²) in [5, 5.41) is 2.25. The van der Waals surface area contributed by atoms with E-state index in [1.165, 1.54) is 10.5 Å². The van der Waals surface area contributed by atoms with Crippen LogP contribution in [0.4, 0.5) is 0 Å². The summed E-state index contributed by atoms with van der Waals surface area (Å²) in [6, 6.07) is 19.3. The highest BCUT2D eigenvalue weighted by molar-refractivity contribution is 6.21. The maximum absolute atomic E-state index is 12.7. The summed E-state index contributed by atoms with van der Waals surface area (Å²) < 4.78 is 0. The number of benzene rings is 3. The molecule has 2 amide bonds. The van der Waals surface area contributed by atoms with Crippen molar-refractivity contribution >= 4 is 22.6 Å². The second-order valence-electron chi connectivity index (χ2n) is 6.91. The zero-order valence-electron chi connectivity index (χ0n) is 14.9. The Bertz CT molecular complexity index is 983.